The maximum atomic E-state index is 12.3. The molecule has 1 aliphatic rings. The highest BCUT2D eigenvalue weighted by Crippen LogP contribution is 2.23. The number of nitrogens with zero attached hydrogens (tertiary/aromatic N) is 1. The van der Waals surface area contributed by atoms with Crippen LogP contribution in [0.3, 0.4) is 0 Å². The molecular weight excluding hydrogens is 350 g/mol. The summed E-state index contributed by atoms with van der Waals surface area (Å²) in [5.41, 5.74) is 1.73. The van der Waals surface area contributed by atoms with E-state index in [4.69, 9.17) is 9.47 Å². The second kappa shape index (κ2) is 8.62. The van der Waals surface area contributed by atoms with Gasteiger partial charge in [-0.1, -0.05) is 12.1 Å². The van der Waals surface area contributed by atoms with E-state index in [0.29, 0.717) is 11.4 Å². The average Bonchev–Trinajstić information content (AvgIpc) is 3.01. The number of thiazole rings is 1. The predicted molar refractivity (Wildman–Crippen MR) is 102 cm³/mol. The van der Waals surface area contributed by atoms with E-state index >= 15 is 0 Å². The Kier molecular flexibility index (Phi) is 6.24. The number of carbonyl (C=O) groups is 1. The molecule has 140 valence electrons. The Morgan fingerprint density at radius 2 is 2.08 bits per heavy atom. The Balaban J connectivity index is 1.55. The van der Waals surface area contributed by atoms with E-state index in [1.807, 2.05) is 24.3 Å². The standard InChI is InChI=1S/C19H25N3O3S/c1-13-9-22(10-14(2)25-13)11-15-12-26-19(20-15)8-18(23)21-16-6-4-5-7-17(16)24-3/h4-7,12-14H,8-11H2,1-3H3,(H,21,23)/p+1/t13-,14-/m0/s1. The van der Waals surface area contributed by atoms with E-state index in [0.717, 1.165) is 30.3 Å². The zero-order valence-electron chi connectivity index (χ0n) is 15.5. The summed E-state index contributed by atoms with van der Waals surface area (Å²) in [4.78, 5) is 18.4. The molecule has 1 aromatic heterocycles. The second-order valence-electron chi connectivity index (χ2n) is 6.75. The van der Waals surface area contributed by atoms with Crippen LogP contribution in [0.1, 0.15) is 24.5 Å². The highest BCUT2D eigenvalue weighted by molar-refractivity contribution is 7.09. The van der Waals surface area contributed by atoms with Crippen molar-refractivity contribution in [3.63, 3.8) is 0 Å². The summed E-state index contributed by atoms with van der Waals surface area (Å²) < 4.78 is 11.0. The van der Waals surface area contributed by atoms with E-state index in [1.165, 1.54) is 4.90 Å². The lowest BCUT2D eigenvalue weighted by atomic mass is 10.2. The van der Waals surface area contributed by atoms with Crippen LogP contribution < -0.4 is 15.0 Å². The van der Waals surface area contributed by atoms with Crippen molar-refractivity contribution in [1.29, 1.82) is 0 Å². The Morgan fingerprint density at radius 1 is 1.35 bits per heavy atom. The van der Waals surface area contributed by atoms with Gasteiger partial charge in [0.25, 0.3) is 0 Å². The van der Waals surface area contributed by atoms with Crippen LogP contribution in [0.2, 0.25) is 0 Å². The quantitative estimate of drug-likeness (QED) is 0.802. The number of nitrogens with one attached hydrogen (secondary N) is 2. The lowest BCUT2D eigenvalue weighted by Gasteiger charge is -2.31. The van der Waals surface area contributed by atoms with Gasteiger partial charge in [-0.2, -0.15) is 0 Å². The van der Waals surface area contributed by atoms with Crippen molar-refractivity contribution in [1.82, 2.24) is 4.98 Å². The van der Waals surface area contributed by atoms with Crippen molar-refractivity contribution < 1.29 is 19.2 Å². The highest BCUT2D eigenvalue weighted by atomic mass is 32.1. The Hall–Kier alpha value is -1.96. The number of morpholine rings is 1. The van der Waals surface area contributed by atoms with Crippen LogP contribution in [0.15, 0.2) is 29.6 Å². The van der Waals surface area contributed by atoms with Crippen LogP contribution in [0.25, 0.3) is 0 Å². The van der Waals surface area contributed by atoms with E-state index in [2.05, 4.69) is 29.5 Å². The molecular formula is C19H26N3O3S+. The maximum absolute atomic E-state index is 12.3. The molecule has 2 aromatic rings. The molecule has 2 N–H and O–H groups in total. The minimum Gasteiger partial charge on any atom is -0.495 e. The first kappa shape index (κ1) is 18.8. The van der Waals surface area contributed by atoms with E-state index in [9.17, 15) is 4.79 Å². The molecule has 7 heteroatoms. The minimum absolute atomic E-state index is 0.0867. The number of anilines is 1. The number of ether oxygens (including phenoxy) is 2. The van der Waals surface area contributed by atoms with Gasteiger partial charge in [-0.3, -0.25) is 4.79 Å². The number of para-hydroxylation sites is 2. The largest absolute Gasteiger partial charge is 0.495 e. The summed E-state index contributed by atoms with van der Waals surface area (Å²) >= 11 is 1.54. The van der Waals surface area contributed by atoms with E-state index in [-0.39, 0.29) is 24.5 Å². The molecule has 0 bridgehead atoms. The van der Waals surface area contributed by atoms with Crippen LogP contribution in [0.4, 0.5) is 5.69 Å². The molecule has 2 heterocycles. The third-order valence-electron chi connectivity index (χ3n) is 4.34. The molecule has 1 saturated heterocycles. The fraction of sp³-hybridized carbons (Fsp3) is 0.474. The van der Waals surface area contributed by atoms with Gasteiger partial charge in [-0.05, 0) is 26.0 Å². The number of amides is 1. The van der Waals surface area contributed by atoms with Gasteiger partial charge in [-0.25, -0.2) is 4.98 Å². The molecule has 2 atom stereocenters. The molecule has 0 unspecified atom stereocenters. The Morgan fingerprint density at radius 3 is 2.81 bits per heavy atom. The van der Waals surface area contributed by atoms with Gasteiger partial charge < -0.3 is 19.7 Å². The first-order valence-electron chi connectivity index (χ1n) is 8.88. The summed E-state index contributed by atoms with van der Waals surface area (Å²) in [6.45, 7) is 7.09. The van der Waals surface area contributed by atoms with Gasteiger partial charge >= 0.3 is 0 Å². The number of aromatic nitrogens is 1. The molecule has 26 heavy (non-hydrogen) atoms. The number of benzene rings is 1. The van der Waals surface area contributed by atoms with Gasteiger partial charge in [0.2, 0.25) is 5.91 Å². The van der Waals surface area contributed by atoms with E-state index in [1.54, 1.807) is 18.4 Å². The summed E-state index contributed by atoms with van der Waals surface area (Å²) in [5.74, 6) is 0.566. The Bertz CT molecular complexity index is 739. The van der Waals surface area contributed by atoms with Crippen molar-refractivity contribution in [3.8, 4) is 5.75 Å². The van der Waals surface area contributed by atoms with Gasteiger partial charge in [0.15, 0.2) is 0 Å². The van der Waals surface area contributed by atoms with Crippen LogP contribution in [-0.2, 0) is 22.5 Å². The number of quaternary nitrogens is 1. The Labute approximate surface area is 158 Å². The smallest absolute Gasteiger partial charge is 0.231 e. The molecule has 3 rings (SSSR count). The summed E-state index contributed by atoms with van der Waals surface area (Å²) in [7, 11) is 1.59. The summed E-state index contributed by atoms with van der Waals surface area (Å²) in [6.07, 6.45) is 0.825. The number of hydrogen-bond donors (Lipinski definition) is 2. The number of carbonyl (C=O) groups excluding carboxylic acids is 1. The van der Waals surface area contributed by atoms with E-state index < -0.39 is 0 Å². The number of rotatable bonds is 6. The van der Waals surface area contributed by atoms with Crippen LogP contribution in [-0.4, -0.2) is 43.3 Å². The topological polar surface area (TPSA) is 64.9 Å². The summed E-state index contributed by atoms with van der Waals surface area (Å²) in [5, 5.41) is 5.79. The minimum atomic E-state index is -0.0867. The van der Waals surface area contributed by atoms with Gasteiger partial charge in [0, 0.05) is 5.38 Å². The lowest BCUT2D eigenvalue weighted by Crippen LogP contribution is -3.14. The monoisotopic (exact) mass is 376 g/mol. The zero-order valence-corrected chi connectivity index (χ0v) is 16.3. The van der Waals surface area contributed by atoms with Crippen molar-refractivity contribution in [2.75, 3.05) is 25.5 Å². The third-order valence-corrected chi connectivity index (χ3v) is 5.24. The molecule has 6 nitrogen and oxygen atoms in total. The van der Waals surface area contributed by atoms with Crippen molar-refractivity contribution in [3.05, 3.63) is 40.3 Å². The van der Waals surface area contributed by atoms with Gasteiger partial charge in [0.05, 0.1) is 19.2 Å². The molecule has 1 fully saturated rings. The van der Waals surface area contributed by atoms with Gasteiger partial charge in [-0.15, -0.1) is 11.3 Å². The molecule has 1 aromatic carbocycles. The normalized spacial score (nSPS) is 22.8. The predicted octanol–water partition coefficient (Wildman–Crippen LogP) is 1.52. The fourth-order valence-corrected chi connectivity index (χ4v) is 4.17. The van der Waals surface area contributed by atoms with Crippen molar-refractivity contribution >= 4 is 22.9 Å². The number of hydrogen-bond acceptors (Lipinski definition) is 5. The first-order chi connectivity index (χ1) is 12.5. The third kappa shape index (κ3) is 5.03. The fourth-order valence-electron chi connectivity index (χ4n) is 3.38. The summed E-state index contributed by atoms with van der Waals surface area (Å²) in [6, 6.07) is 7.39. The zero-order chi connectivity index (χ0) is 18.5. The molecule has 1 amide bonds. The maximum Gasteiger partial charge on any atom is 0.231 e. The molecule has 0 saturated carbocycles. The average molecular weight is 377 g/mol. The lowest BCUT2D eigenvalue weighted by molar-refractivity contribution is -0.928. The van der Waals surface area contributed by atoms with Crippen molar-refractivity contribution in [2.24, 2.45) is 0 Å². The second-order valence-corrected chi connectivity index (χ2v) is 7.69. The van der Waals surface area contributed by atoms with Crippen LogP contribution in [0.5, 0.6) is 5.75 Å². The molecule has 0 radical (unpaired) electrons. The molecule has 1 aliphatic heterocycles. The first-order valence-corrected chi connectivity index (χ1v) is 9.76. The number of methoxy groups -OCH3 is 1. The molecule has 0 spiro atoms. The van der Waals surface area contributed by atoms with Crippen molar-refractivity contribution in [2.45, 2.75) is 39.0 Å². The molecule has 0 aliphatic carbocycles. The van der Waals surface area contributed by atoms with Gasteiger partial charge in [0.1, 0.15) is 48.3 Å². The van der Waals surface area contributed by atoms with Crippen LogP contribution >= 0.6 is 11.3 Å². The SMILES string of the molecule is COc1ccccc1NC(=O)Cc1nc(C[NH+]2C[C@H](C)O[C@@H](C)C2)cs1. The highest BCUT2D eigenvalue weighted by Gasteiger charge is 2.26. The van der Waals surface area contributed by atoms with Crippen LogP contribution in [0, 0.1) is 0 Å².